The third-order valence-corrected chi connectivity index (χ3v) is 4.18. The maximum absolute atomic E-state index is 12.2. The number of allylic oxidation sites excluding steroid dienone is 2. The first-order valence-corrected chi connectivity index (χ1v) is 6.76. The zero-order valence-corrected chi connectivity index (χ0v) is 11.8. The summed E-state index contributed by atoms with van der Waals surface area (Å²) in [5, 5.41) is 0. The van der Waals surface area contributed by atoms with Crippen molar-refractivity contribution in [1.29, 1.82) is 0 Å². The monoisotopic (exact) mass is 287 g/mol. The molecule has 1 saturated carbocycles. The minimum atomic E-state index is -4.70. The molecular weight excluding hydrogens is 267 g/mol. The summed E-state index contributed by atoms with van der Waals surface area (Å²) in [6.07, 6.45) is -2.35. The van der Waals surface area contributed by atoms with Crippen LogP contribution < -0.4 is 0 Å². The minimum absolute atomic E-state index is 0.316. The summed E-state index contributed by atoms with van der Waals surface area (Å²) in [7, 11) is 0. The van der Waals surface area contributed by atoms with Gasteiger partial charge in [0.15, 0.2) is 0 Å². The van der Waals surface area contributed by atoms with Gasteiger partial charge >= 0.3 is 6.36 Å². The lowest BCUT2D eigenvalue weighted by Gasteiger charge is -2.23. The Kier molecular flexibility index (Phi) is 3.89. The van der Waals surface area contributed by atoms with Gasteiger partial charge in [0.05, 0.1) is 0 Å². The Bertz CT molecular complexity index is 427. The molecule has 2 aliphatic rings. The van der Waals surface area contributed by atoms with Crippen LogP contribution in [0.5, 0.6) is 0 Å². The number of likely N-dealkylation sites (tertiary alicyclic amines) is 1. The molecular formula is C15H20F3NO. The topological polar surface area (TPSA) is 12.5 Å². The maximum atomic E-state index is 12.2. The van der Waals surface area contributed by atoms with E-state index in [0.29, 0.717) is 23.5 Å². The fourth-order valence-corrected chi connectivity index (χ4v) is 3.31. The first kappa shape index (κ1) is 15.0. The van der Waals surface area contributed by atoms with Crippen LogP contribution in [-0.2, 0) is 4.74 Å². The Morgan fingerprint density at radius 2 is 1.85 bits per heavy atom. The molecule has 0 bridgehead atoms. The van der Waals surface area contributed by atoms with Gasteiger partial charge < -0.3 is 9.64 Å². The first-order chi connectivity index (χ1) is 9.23. The van der Waals surface area contributed by atoms with Gasteiger partial charge in [0.1, 0.15) is 5.76 Å². The number of ether oxygens (including phenoxy) is 1. The molecule has 2 rings (SSSR count). The number of alkyl halides is 3. The lowest BCUT2D eigenvalue weighted by molar-refractivity contribution is -0.303. The predicted octanol–water partition coefficient (Wildman–Crippen LogP) is 3.94. The smallest absolute Gasteiger partial charge is 0.406 e. The summed E-state index contributed by atoms with van der Waals surface area (Å²) in [5.41, 5.74) is 0.554. The Hall–Kier alpha value is -1.39. The van der Waals surface area contributed by atoms with Gasteiger partial charge in [0, 0.05) is 24.9 Å². The quantitative estimate of drug-likeness (QED) is 0.561. The zero-order chi connectivity index (χ0) is 15.1. The summed E-state index contributed by atoms with van der Waals surface area (Å²) < 4.78 is 40.4. The van der Waals surface area contributed by atoms with Crippen LogP contribution in [0.4, 0.5) is 13.2 Å². The standard InChI is InChI=1S/C15H20F3NO/c1-5-11(20-15(16,17)18)6-10(4)19-7-12-13(8-19)14(12)9(2)3/h5-6,9,12-14H,1,4,7-8H2,2-3H3/b11-6+. The van der Waals surface area contributed by atoms with Crippen molar-refractivity contribution in [2.45, 2.75) is 20.2 Å². The summed E-state index contributed by atoms with van der Waals surface area (Å²) in [6, 6.07) is 0. The van der Waals surface area contributed by atoms with Crippen LogP contribution in [0.2, 0.25) is 0 Å². The molecule has 112 valence electrons. The van der Waals surface area contributed by atoms with E-state index in [1.54, 1.807) is 0 Å². The van der Waals surface area contributed by atoms with Gasteiger partial charge in [-0.2, -0.15) is 0 Å². The molecule has 2 nitrogen and oxygen atoms in total. The van der Waals surface area contributed by atoms with E-state index in [9.17, 15) is 13.2 Å². The summed E-state index contributed by atoms with van der Waals surface area (Å²) in [4.78, 5) is 2.03. The normalized spacial score (nSPS) is 29.4. The van der Waals surface area contributed by atoms with Crippen molar-refractivity contribution < 1.29 is 17.9 Å². The van der Waals surface area contributed by atoms with Crippen LogP contribution in [0, 0.1) is 23.7 Å². The van der Waals surface area contributed by atoms with Gasteiger partial charge in [-0.15, -0.1) is 13.2 Å². The number of fused-ring (bicyclic) bond motifs is 1. The maximum Gasteiger partial charge on any atom is 0.573 e. The van der Waals surface area contributed by atoms with Crippen molar-refractivity contribution >= 4 is 0 Å². The molecule has 1 heterocycles. The number of hydrogen-bond acceptors (Lipinski definition) is 2. The number of halogens is 3. The molecule has 5 heteroatoms. The van der Waals surface area contributed by atoms with E-state index in [1.807, 2.05) is 4.90 Å². The highest BCUT2D eigenvalue weighted by atomic mass is 19.4. The second-order valence-corrected chi connectivity index (χ2v) is 5.84. The average molecular weight is 287 g/mol. The van der Waals surface area contributed by atoms with Crippen LogP contribution in [0.15, 0.2) is 36.8 Å². The van der Waals surface area contributed by atoms with E-state index in [4.69, 9.17) is 0 Å². The van der Waals surface area contributed by atoms with Crippen molar-refractivity contribution in [2.24, 2.45) is 23.7 Å². The summed E-state index contributed by atoms with van der Waals surface area (Å²) in [6.45, 7) is 13.3. The molecule has 0 aromatic heterocycles. The predicted molar refractivity (Wildman–Crippen MR) is 71.4 cm³/mol. The lowest BCUT2D eigenvalue weighted by Crippen LogP contribution is -2.24. The van der Waals surface area contributed by atoms with E-state index >= 15 is 0 Å². The van der Waals surface area contributed by atoms with Crippen molar-refractivity contribution in [1.82, 2.24) is 4.90 Å². The number of nitrogens with zero attached hydrogens (tertiary/aromatic N) is 1. The Morgan fingerprint density at radius 3 is 2.25 bits per heavy atom. The molecule has 0 aromatic rings. The van der Waals surface area contributed by atoms with Gasteiger partial charge in [0.25, 0.3) is 0 Å². The van der Waals surface area contributed by atoms with Crippen LogP contribution in [0.3, 0.4) is 0 Å². The molecule has 0 amide bonds. The highest BCUT2D eigenvalue weighted by Gasteiger charge is 2.56. The number of hydrogen-bond donors (Lipinski definition) is 0. The molecule has 1 saturated heterocycles. The second-order valence-electron chi connectivity index (χ2n) is 5.84. The SMILES string of the molecule is C=C/C(=C\C(=C)N1CC2C(C1)C2C(C)C)OC(F)(F)F. The van der Waals surface area contributed by atoms with Crippen molar-refractivity contribution in [3.8, 4) is 0 Å². The Labute approximate surface area is 117 Å². The lowest BCUT2D eigenvalue weighted by atomic mass is 10.0. The van der Waals surface area contributed by atoms with Crippen molar-refractivity contribution in [3.05, 3.63) is 36.8 Å². The van der Waals surface area contributed by atoms with E-state index in [0.717, 1.165) is 25.1 Å². The average Bonchev–Trinajstić information content (AvgIpc) is 2.83. The van der Waals surface area contributed by atoms with E-state index in [1.165, 1.54) is 6.08 Å². The fourth-order valence-electron chi connectivity index (χ4n) is 3.31. The molecule has 1 aliphatic heterocycles. The molecule has 2 atom stereocenters. The summed E-state index contributed by atoms with van der Waals surface area (Å²) in [5.74, 6) is 2.44. The van der Waals surface area contributed by atoms with Gasteiger partial charge in [-0.05, 0) is 29.7 Å². The molecule has 0 radical (unpaired) electrons. The molecule has 0 spiro atoms. The van der Waals surface area contributed by atoms with Gasteiger partial charge in [-0.1, -0.05) is 27.0 Å². The van der Waals surface area contributed by atoms with E-state index in [2.05, 4.69) is 31.7 Å². The van der Waals surface area contributed by atoms with Gasteiger partial charge in [-0.3, -0.25) is 0 Å². The van der Waals surface area contributed by atoms with Crippen LogP contribution >= 0.6 is 0 Å². The molecule has 20 heavy (non-hydrogen) atoms. The highest BCUT2D eigenvalue weighted by molar-refractivity contribution is 5.25. The largest absolute Gasteiger partial charge is 0.573 e. The second kappa shape index (κ2) is 5.19. The molecule has 2 fully saturated rings. The van der Waals surface area contributed by atoms with Gasteiger partial charge in [0.2, 0.25) is 0 Å². The van der Waals surface area contributed by atoms with Crippen LogP contribution in [0.25, 0.3) is 0 Å². The van der Waals surface area contributed by atoms with Gasteiger partial charge in [-0.25, -0.2) is 0 Å². The molecule has 0 N–H and O–H groups in total. The van der Waals surface area contributed by atoms with Crippen molar-refractivity contribution in [3.63, 3.8) is 0 Å². The number of piperidine rings is 1. The fraction of sp³-hybridized carbons (Fsp3) is 0.600. The van der Waals surface area contributed by atoms with Crippen LogP contribution in [0.1, 0.15) is 13.8 Å². The van der Waals surface area contributed by atoms with E-state index in [-0.39, 0.29) is 5.76 Å². The zero-order valence-electron chi connectivity index (χ0n) is 11.8. The Morgan fingerprint density at radius 1 is 1.30 bits per heavy atom. The third-order valence-electron chi connectivity index (χ3n) is 4.18. The molecule has 2 unspecified atom stereocenters. The highest BCUT2D eigenvalue weighted by Crippen LogP contribution is 2.56. The van der Waals surface area contributed by atoms with Crippen molar-refractivity contribution in [2.75, 3.05) is 13.1 Å². The molecule has 0 aromatic carbocycles. The third kappa shape index (κ3) is 3.19. The molecule has 1 aliphatic carbocycles. The Balaban J connectivity index is 1.92. The summed E-state index contributed by atoms with van der Waals surface area (Å²) >= 11 is 0. The first-order valence-electron chi connectivity index (χ1n) is 6.76. The van der Waals surface area contributed by atoms with Crippen LogP contribution in [-0.4, -0.2) is 24.4 Å². The van der Waals surface area contributed by atoms with E-state index < -0.39 is 6.36 Å². The minimum Gasteiger partial charge on any atom is -0.406 e. The number of rotatable bonds is 5.